The molecule has 8 heteroatoms. The van der Waals surface area contributed by atoms with E-state index in [9.17, 15) is 4.79 Å². The molecule has 0 spiro atoms. The zero-order valence-corrected chi connectivity index (χ0v) is 15.4. The van der Waals surface area contributed by atoms with Gasteiger partial charge in [-0.15, -0.1) is 0 Å². The lowest BCUT2D eigenvalue weighted by Crippen LogP contribution is -2.30. The molecule has 0 bridgehead atoms. The molecule has 24 heavy (non-hydrogen) atoms. The van der Waals surface area contributed by atoms with E-state index in [-0.39, 0.29) is 0 Å². The van der Waals surface area contributed by atoms with E-state index in [4.69, 9.17) is 28.2 Å². The van der Waals surface area contributed by atoms with Gasteiger partial charge in [0.1, 0.15) is 5.76 Å². The van der Waals surface area contributed by atoms with Crippen molar-refractivity contribution in [2.45, 2.75) is 5.75 Å². The monoisotopic (exact) mass is 384 g/mol. The molecule has 0 aliphatic rings. The lowest BCUT2D eigenvalue weighted by atomic mass is 10.2. The highest BCUT2D eigenvalue weighted by Crippen LogP contribution is 2.23. The fourth-order valence-corrected chi connectivity index (χ4v) is 2.97. The lowest BCUT2D eigenvalue weighted by molar-refractivity contribution is 0.0601. The lowest BCUT2D eigenvalue weighted by Gasteiger charge is -2.12. The van der Waals surface area contributed by atoms with Crippen LogP contribution in [0.25, 0.3) is 0 Å². The van der Waals surface area contributed by atoms with Gasteiger partial charge in [0, 0.05) is 12.3 Å². The Labute approximate surface area is 155 Å². The van der Waals surface area contributed by atoms with Gasteiger partial charge in [-0.2, -0.15) is 11.8 Å². The number of nitrogens with one attached hydrogen (secondary N) is 2. The number of rotatable bonds is 7. The fourth-order valence-electron chi connectivity index (χ4n) is 1.84. The summed E-state index contributed by atoms with van der Waals surface area (Å²) in [5.41, 5.74) is 0.960. The molecular weight excluding hydrogens is 368 g/mol. The number of thioether (sulfide) groups is 1. The molecule has 0 saturated heterocycles. The van der Waals surface area contributed by atoms with Gasteiger partial charge in [-0.05, 0) is 42.5 Å². The molecule has 128 valence electrons. The van der Waals surface area contributed by atoms with Crippen LogP contribution in [0.3, 0.4) is 0 Å². The van der Waals surface area contributed by atoms with Crippen molar-refractivity contribution in [1.29, 1.82) is 0 Å². The smallest absolute Gasteiger partial charge is 0.337 e. The number of thiocarbonyl (C=S) groups is 1. The van der Waals surface area contributed by atoms with Crippen LogP contribution in [-0.2, 0) is 10.5 Å². The standard InChI is InChI=1S/C16H17ClN2O3S2/c1-21-15(20)11-4-5-13(17)14(9-11)19-16(23)18-6-8-24-10-12-3-2-7-22-12/h2-5,7,9H,6,8,10H2,1H3,(H2,18,19,23). The number of halogens is 1. The number of benzene rings is 1. The maximum Gasteiger partial charge on any atom is 0.337 e. The van der Waals surface area contributed by atoms with Crippen molar-refractivity contribution in [2.75, 3.05) is 24.7 Å². The summed E-state index contributed by atoms with van der Waals surface area (Å²) in [5.74, 6) is 2.22. The van der Waals surface area contributed by atoms with E-state index in [1.165, 1.54) is 7.11 Å². The summed E-state index contributed by atoms with van der Waals surface area (Å²) >= 11 is 13.1. The maximum absolute atomic E-state index is 11.6. The number of carbonyl (C=O) groups excluding carboxylic acids is 1. The minimum Gasteiger partial charge on any atom is -0.468 e. The van der Waals surface area contributed by atoms with Crippen LogP contribution in [0.2, 0.25) is 5.02 Å². The number of carbonyl (C=O) groups is 1. The van der Waals surface area contributed by atoms with Crippen LogP contribution in [0.1, 0.15) is 16.1 Å². The van der Waals surface area contributed by atoms with Crippen molar-refractivity contribution < 1.29 is 13.9 Å². The van der Waals surface area contributed by atoms with E-state index in [0.717, 1.165) is 17.3 Å². The van der Waals surface area contributed by atoms with Crippen LogP contribution in [0.5, 0.6) is 0 Å². The summed E-state index contributed by atoms with van der Waals surface area (Å²) in [6.07, 6.45) is 1.67. The van der Waals surface area contributed by atoms with Gasteiger partial charge in [0.25, 0.3) is 0 Å². The summed E-state index contributed by atoms with van der Waals surface area (Å²) in [6, 6.07) is 8.65. The van der Waals surface area contributed by atoms with Gasteiger partial charge < -0.3 is 19.8 Å². The highest BCUT2D eigenvalue weighted by atomic mass is 35.5. The van der Waals surface area contributed by atoms with Gasteiger partial charge in [-0.25, -0.2) is 4.79 Å². The largest absolute Gasteiger partial charge is 0.468 e. The van der Waals surface area contributed by atoms with Crippen LogP contribution in [0.4, 0.5) is 5.69 Å². The summed E-state index contributed by atoms with van der Waals surface area (Å²) in [4.78, 5) is 11.6. The van der Waals surface area contributed by atoms with Crippen LogP contribution >= 0.6 is 35.6 Å². The molecule has 1 heterocycles. The van der Waals surface area contributed by atoms with Crippen molar-refractivity contribution in [1.82, 2.24) is 5.32 Å². The number of esters is 1. The first-order valence-electron chi connectivity index (χ1n) is 7.13. The predicted molar refractivity (Wildman–Crippen MR) is 102 cm³/mol. The average Bonchev–Trinajstić information content (AvgIpc) is 3.09. The average molecular weight is 385 g/mol. The van der Waals surface area contributed by atoms with Crippen LogP contribution in [0, 0.1) is 0 Å². The predicted octanol–water partition coefficient (Wildman–Crippen LogP) is 3.94. The van der Waals surface area contributed by atoms with Crippen LogP contribution in [0.15, 0.2) is 41.0 Å². The third kappa shape index (κ3) is 5.74. The summed E-state index contributed by atoms with van der Waals surface area (Å²) in [5, 5.41) is 7.00. The number of ether oxygens (including phenoxy) is 1. The molecule has 5 nitrogen and oxygen atoms in total. The number of hydrogen-bond acceptors (Lipinski definition) is 5. The Kier molecular flexibility index (Phi) is 7.42. The summed E-state index contributed by atoms with van der Waals surface area (Å²) < 4.78 is 9.95. The van der Waals surface area contributed by atoms with E-state index in [2.05, 4.69) is 15.4 Å². The molecule has 1 aromatic heterocycles. The topological polar surface area (TPSA) is 63.5 Å². The van der Waals surface area contributed by atoms with Crippen LogP contribution < -0.4 is 10.6 Å². The number of methoxy groups -OCH3 is 1. The minimum atomic E-state index is -0.428. The Hall–Kier alpha value is -1.70. The van der Waals surface area contributed by atoms with Crippen molar-refractivity contribution in [2.24, 2.45) is 0 Å². The zero-order chi connectivity index (χ0) is 17.4. The van der Waals surface area contributed by atoms with E-state index in [0.29, 0.717) is 27.9 Å². The number of furan rings is 1. The molecule has 0 radical (unpaired) electrons. The fraction of sp³-hybridized carbons (Fsp3) is 0.250. The van der Waals surface area contributed by atoms with E-state index in [1.807, 2.05) is 12.1 Å². The second kappa shape index (κ2) is 9.56. The van der Waals surface area contributed by atoms with E-state index < -0.39 is 5.97 Å². The number of hydrogen-bond donors (Lipinski definition) is 2. The molecule has 0 fully saturated rings. The van der Waals surface area contributed by atoms with Crippen molar-refractivity contribution >= 4 is 52.3 Å². The quantitative estimate of drug-likeness (QED) is 0.426. The minimum absolute atomic E-state index is 0.404. The molecule has 0 unspecified atom stereocenters. The Balaban J connectivity index is 1.76. The van der Waals surface area contributed by atoms with Crippen LogP contribution in [-0.4, -0.2) is 30.5 Å². The molecule has 2 N–H and O–H groups in total. The molecule has 0 aliphatic heterocycles. The molecule has 0 saturated carbocycles. The van der Waals surface area contributed by atoms with Crippen molar-refractivity contribution in [3.05, 3.63) is 52.9 Å². The van der Waals surface area contributed by atoms with Crippen molar-refractivity contribution in [3.63, 3.8) is 0 Å². The Bertz CT molecular complexity index is 693. The first kappa shape index (κ1) is 18.6. The highest BCUT2D eigenvalue weighted by molar-refractivity contribution is 7.98. The first-order chi connectivity index (χ1) is 11.6. The molecule has 2 aromatic rings. The van der Waals surface area contributed by atoms with Gasteiger partial charge in [-0.1, -0.05) is 11.6 Å². The van der Waals surface area contributed by atoms with Gasteiger partial charge in [0.05, 0.1) is 35.4 Å². The Morgan fingerprint density at radius 2 is 2.25 bits per heavy atom. The molecule has 2 rings (SSSR count). The van der Waals surface area contributed by atoms with Gasteiger partial charge in [-0.3, -0.25) is 0 Å². The Morgan fingerprint density at radius 1 is 1.42 bits per heavy atom. The molecule has 0 amide bonds. The van der Waals surface area contributed by atoms with Gasteiger partial charge >= 0.3 is 5.97 Å². The highest BCUT2D eigenvalue weighted by Gasteiger charge is 2.09. The van der Waals surface area contributed by atoms with Gasteiger partial charge in [0.15, 0.2) is 5.11 Å². The van der Waals surface area contributed by atoms with Crippen molar-refractivity contribution in [3.8, 4) is 0 Å². The summed E-state index contributed by atoms with van der Waals surface area (Å²) in [6.45, 7) is 0.700. The molecule has 1 aromatic carbocycles. The second-order valence-corrected chi connectivity index (χ2v) is 6.62. The SMILES string of the molecule is COC(=O)c1ccc(Cl)c(NC(=S)NCCSCc2ccco2)c1. The first-order valence-corrected chi connectivity index (χ1v) is 9.07. The van der Waals surface area contributed by atoms with Gasteiger partial charge in [0.2, 0.25) is 0 Å². The zero-order valence-electron chi connectivity index (χ0n) is 13.0. The Morgan fingerprint density at radius 3 is 2.96 bits per heavy atom. The van der Waals surface area contributed by atoms with E-state index in [1.54, 1.807) is 36.2 Å². The third-order valence-electron chi connectivity index (χ3n) is 2.99. The molecular formula is C16H17ClN2O3S2. The normalized spacial score (nSPS) is 10.2. The third-order valence-corrected chi connectivity index (χ3v) is 4.55. The number of anilines is 1. The molecule has 0 aliphatic carbocycles. The molecule has 0 atom stereocenters. The second-order valence-electron chi connectivity index (χ2n) is 4.70. The van der Waals surface area contributed by atoms with E-state index >= 15 is 0 Å². The summed E-state index contributed by atoms with van der Waals surface area (Å²) in [7, 11) is 1.33. The maximum atomic E-state index is 11.6.